The lowest BCUT2D eigenvalue weighted by Gasteiger charge is -2.21. The fourth-order valence-corrected chi connectivity index (χ4v) is 13.9. The Balaban J connectivity index is 5.23. The number of ether oxygens (including phenoxy) is 4. The molecule has 0 aromatic rings. The summed E-state index contributed by atoms with van der Waals surface area (Å²) in [4.78, 5) is 73.0. The standard InChI is InChI=1S/C80H156O17P2/c1-8-9-10-11-12-13-14-15-16-17-18-19-20-21-24-28-34-41-49-56-63-79(84)96-75(67-90-77(82)61-54-47-40-33-27-25-22-23-26-31-37-44-51-58-71(2)3)69-94-98(86,87)92-65-74(81)66-93-99(88,89)95-70-76(68-91-78(83)62-55-48-43-36-39-46-53-60-73(6)7)97-80(85)64-57-50-42-35-30-29-32-38-45-52-59-72(4)5/h71-76,81H,8-70H2,1-7H3,(H,86,87)(H,88,89)/t74-,75-,76-/m1/s1. The summed E-state index contributed by atoms with van der Waals surface area (Å²) in [5.41, 5.74) is 0. The Bertz CT molecular complexity index is 1920. The van der Waals surface area contributed by atoms with Crippen molar-refractivity contribution in [1.82, 2.24) is 0 Å². The van der Waals surface area contributed by atoms with Gasteiger partial charge in [-0.3, -0.25) is 37.3 Å². The van der Waals surface area contributed by atoms with Gasteiger partial charge in [0.2, 0.25) is 0 Å². The highest BCUT2D eigenvalue weighted by Crippen LogP contribution is 2.45. The van der Waals surface area contributed by atoms with Gasteiger partial charge >= 0.3 is 39.5 Å². The van der Waals surface area contributed by atoms with E-state index < -0.39 is 97.5 Å². The van der Waals surface area contributed by atoms with E-state index in [1.807, 2.05) is 0 Å². The Labute approximate surface area is 607 Å². The number of aliphatic hydroxyl groups is 1. The van der Waals surface area contributed by atoms with Crippen molar-refractivity contribution >= 4 is 39.5 Å². The van der Waals surface area contributed by atoms with Crippen LogP contribution < -0.4 is 0 Å². The Morgan fingerprint density at radius 2 is 0.465 bits per heavy atom. The lowest BCUT2D eigenvalue weighted by Crippen LogP contribution is -2.30. The van der Waals surface area contributed by atoms with Crippen LogP contribution in [0, 0.1) is 17.8 Å². The molecule has 0 aliphatic heterocycles. The number of carbonyl (C=O) groups is 4. The summed E-state index contributed by atoms with van der Waals surface area (Å²) in [7, 11) is -9.92. The number of rotatable bonds is 78. The normalized spacial score (nSPS) is 14.0. The van der Waals surface area contributed by atoms with Gasteiger partial charge in [0.15, 0.2) is 12.2 Å². The van der Waals surface area contributed by atoms with Crippen molar-refractivity contribution in [2.24, 2.45) is 17.8 Å². The summed E-state index contributed by atoms with van der Waals surface area (Å²) >= 11 is 0. The Kier molecular flexibility index (Phi) is 69.0. The fraction of sp³-hybridized carbons (Fsp3) is 0.950. The molecule has 0 aromatic carbocycles. The zero-order valence-electron chi connectivity index (χ0n) is 65.0. The molecule has 2 unspecified atom stereocenters. The Morgan fingerprint density at radius 1 is 0.273 bits per heavy atom. The highest BCUT2D eigenvalue weighted by Gasteiger charge is 2.30. The molecule has 0 rings (SSSR count). The average Bonchev–Trinajstić information content (AvgIpc) is 1.04. The topological polar surface area (TPSA) is 237 Å². The average molecular weight is 1450 g/mol. The van der Waals surface area contributed by atoms with Gasteiger partial charge in [0.1, 0.15) is 19.3 Å². The number of aliphatic hydroxyl groups excluding tert-OH is 1. The summed E-state index contributed by atoms with van der Waals surface area (Å²) in [5.74, 6) is 0.134. The SMILES string of the molecule is CCCCCCCCCCCCCCCCCCCCCCC(=O)O[C@H](COC(=O)CCCCCCCCCCCCCCCC(C)C)COP(=O)(O)OC[C@@H](O)COP(=O)(O)OC[C@@H](COC(=O)CCCCCCCCCC(C)C)OC(=O)CCCCCCCCCCCCC(C)C. The van der Waals surface area contributed by atoms with E-state index in [0.717, 1.165) is 108 Å². The van der Waals surface area contributed by atoms with Crippen molar-refractivity contribution in [3.8, 4) is 0 Å². The molecule has 5 atom stereocenters. The zero-order valence-corrected chi connectivity index (χ0v) is 66.8. The molecule has 99 heavy (non-hydrogen) atoms. The van der Waals surface area contributed by atoms with Gasteiger partial charge < -0.3 is 33.8 Å². The number of hydrogen-bond acceptors (Lipinski definition) is 15. The van der Waals surface area contributed by atoms with Crippen LogP contribution in [0.15, 0.2) is 0 Å². The number of phosphoric acid groups is 2. The monoisotopic (exact) mass is 1450 g/mol. The van der Waals surface area contributed by atoms with E-state index in [0.29, 0.717) is 31.6 Å². The van der Waals surface area contributed by atoms with E-state index in [2.05, 4.69) is 48.5 Å². The third-order valence-electron chi connectivity index (χ3n) is 18.6. The van der Waals surface area contributed by atoms with Crippen LogP contribution in [0.3, 0.4) is 0 Å². The van der Waals surface area contributed by atoms with Crippen LogP contribution >= 0.6 is 15.6 Å². The summed E-state index contributed by atoms with van der Waals surface area (Å²) < 4.78 is 68.7. The van der Waals surface area contributed by atoms with Crippen LogP contribution in [-0.4, -0.2) is 96.7 Å². The number of unbranched alkanes of at least 4 members (excludes halogenated alkanes) is 46. The van der Waals surface area contributed by atoms with E-state index in [-0.39, 0.29) is 25.7 Å². The first-order valence-electron chi connectivity index (χ1n) is 41.3. The molecule has 0 radical (unpaired) electrons. The zero-order chi connectivity index (χ0) is 73.0. The second-order valence-corrected chi connectivity index (χ2v) is 33.1. The molecule has 588 valence electrons. The molecule has 0 heterocycles. The minimum absolute atomic E-state index is 0.105. The molecule has 19 heteroatoms. The molecule has 0 saturated heterocycles. The predicted octanol–water partition coefficient (Wildman–Crippen LogP) is 23.7. The van der Waals surface area contributed by atoms with Gasteiger partial charge in [-0.1, -0.05) is 363 Å². The molecule has 0 saturated carbocycles. The van der Waals surface area contributed by atoms with E-state index in [9.17, 15) is 43.2 Å². The summed E-state index contributed by atoms with van der Waals surface area (Å²) in [6, 6.07) is 0. The maximum Gasteiger partial charge on any atom is 0.472 e. The number of carbonyl (C=O) groups excluding carboxylic acids is 4. The fourth-order valence-electron chi connectivity index (χ4n) is 12.3. The number of esters is 4. The maximum absolute atomic E-state index is 13.1. The lowest BCUT2D eigenvalue weighted by molar-refractivity contribution is -0.161. The van der Waals surface area contributed by atoms with E-state index in [1.54, 1.807) is 0 Å². The van der Waals surface area contributed by atoms with Crippen LogP contribution in [0.1, 0.15) is 414 Å². The van der Waals surface area contributed by atoms with E-state index in [1.165, 1.54) is 218 Å². The van der Waals surface area contributed by atoms with Crippen LogP contribution in [0.25, 0.3) is 0 Å². The van der Waals surface area contributed by atoms with Gasteiger partial charge in [0, 0.05) is 25.7 Å². The van der Waals surface area contributed by atoms with Crippen molar-refractivity contribution < 1.29 is 80.2 Å². The van der Waals surface area contributed by atoms with E-state index >= 15 is 0 Å². The molecule has 0 aliphatic rings. The summed E-state index contributed by atoms with van der Waals surface area (Å²) in [5, 5.41) is 10.6. The Hall–Kier alpha value is -1.94. The van der Waals surface area contributed by atoms with Crippen molar-refractivity contribution in [1.29, 1.82) is 0 Å². The maximum atomic E-state index is 13.1. The van der Waals surface area contributed by atoms with Gasteiger partial charge in [-0.2, -0.15) is 0 Å². The van der Waals surface area contributed by atoms with Crippen LogP contribution in [0.4, 0.5) is 0 Å². The first kappa shape index (κ1) is 97.1. The third kappa shape index (κ3) is 74.1. The molecule has 0 fully saturated rings. The predicted molar refractivity (Wildman–Crippen MR) is 405 cm³/mol. The van der Waals surface area contributed by atoms with Crippen molar-refractivity contribution in [3.05, 3.63) is 0 Å². The highest BCUT2D eigenvalue weighted by atomic mass is 31.2. The summed E-state index contributed by atoms with van der Waals surface area (Å²) in [6.07, 6.45) is 58.4. The number of hydrogen-bond donors (Lipinski definition) is 3. The van der Waals surface area contributed by atoms with Crippen LogP contribution in [-0.2, 0) is 65.4 Å². The Morgan fingerprint density at radius 3 is 0.687 bits per heavy atom. The molecule has 0 aromatic heterocycles. The molecule has 0 spiro atoms. The third-order valence-corrected chi connectivity index (χ3v) is 20.5. The molecular weight excluding hydrogens is 1290 g/mol. The van der Waals surface area contributed by atoms with Gasteiger partial charge in [-0.25, -0.2) is 9.13 Å². The number of phosphoric ester groups is 2. The minimum atomic E-state index is -4.96. The smallest absolute Gasteiger partial charge is 0.462 e. The van der Waals surface area contributed by atoms with Gasteiger partial charge in [-0.15, -0.1) is 0 Å². The molecule has 3 N–H and O–H groups in total. The van der Waals surface area contributed by atoms with Crippen LogP contribution in [0.5, 0.6) is 0 Å². The van der Waals surface area contributed by atoms with Crippen LogP contribution in [0.2, 0.25) is 0 Å². The molecule has 17 nitrogen and oxygen atoms in total. The second-order valence-electron chi connectivity index (χ2n) is 30.2. The first-order valence-corrected chi connectivity index (χ1v) is 44.3. The first-order chi connectivity index (χ1) is 47.7. The molecule has 0 bridgehead atoms. The largest absolute Gasteiger partial charge is 0.472 e. The quantitative estimate of drug-likeness (QED) is 0.0222. The van der Waals surface area contributed by atoms with Crippen molar-refractivity contribution in [3.63, 3.8) is 0 Å². The lowest BCUT2D eigenvalue weighted by atomic mass is 10.0. The molecular formula is C80H156O17P2. The minimum Gasteiger partial charge on any atom is -0.462 e. The van der Waals surface area contributed by atoms with Gasteiger partial charge in [0.05, 0.1) is 26.4 Å². The highest BCUT2D eigenvalue weighted by molar-refractivity contribution is 7.47. The van der Waals surface area contributed by atoms with Gasteiger partial charge in [0.25, 0.3) is 0 Å². The summed E-state index contributed by atoms with van der Waals surface area (Å²) in [6.45, 7) is 11.9. The van der Waals surface area contributed by atoms with Gasteiger partial charge in [-0.05, 0) is 43.4 Å². The molecule has 0 aliphatic carbocycles. The van der Waals surface area contributed by atoms with Crippen molar-refractivity contribution in [2.45, 2.75) is 433 Å². The molecule has 0 amide bonds. The van der Waals surface area contributed by atoms with Crippen molar-refractivity contribution in [2.75, 3.05) is 39.6 Å². The second kappa shape index (κ2) is 70.4. The van der Waals surface area contributed by atoms with E-state index in [4.69, 9.17) is 37.0 Å².